The summed E-state index contributed by atoms with van der Waals surface area (Å²) < 4.78 is 0. The van der Waals surface area contributed by atoms with Crippen LogP contribution in [0, 0.1) is 17.3 Å². The Morgan fingerprint density at radius 1 is 1.06 bits per heavy atom. The molecule has 2 fully saturated rings. The smallest absolute Gasteiger partial charge is 0.0583 e. The molecule has 100 valence electrons. The fourth-order valence-electron chi connectivity index (χ4n) is 3.65. The summed E-state index contributed by atoms with van der Waals surface area (Å²) in [5, 5.41) is 13.9. The maximum Gasteiger partial charge on any atom is 0.0583 e. The van der Waals surface area contributed by atoms with Gasteiger partial charge in [0.05, 0.1) is 6.10 Å². The van der Waals surface area contributed by atoms with Crippen LogP contribution in [0.25, 0.3) is 0 Å². The lowest BCUT2D eigenvalue weighted by Crippen LogP contribution is -2.48. The Morgan fingerprint density at radius 2 is 1.82 bits per heavy atom. The fourth-order valence-corrected chi connectivity index (χ4v) is 3.65. The fraction of sp³-hybridized carbons (Fsp3) is 1.00. The predicted octanol–water partition coefficient (Wildman–Crippen LogP) is 2.95. The Kier molecular flexibility index (Phi) is 4.14. The zero-order valence-corrected chi connectivity index (χ0v) is 11.7. The summed E-state index contributed by atoms with van der Waals surface area (Å²) in [6.07, 6.45) is 7.26. The van der Waals surface area contributed by atoms with Crippen LogP contribution in [-0.4, -0.2) is 23.8 Å². The van der Waals surface area contributed by atoms with E-state index in [1.54, 1.807) is 0 Å². The van der Waals surface area contributed by atoms with Crippen molar-refractivity contribution in [1.29, 1.82) is 0 Å². The Labute approximate surface area is 106 Å². The van der Waals surface area contributed by atoms with Gasteiger partial charge < -0.3 is 10.4 Å². The van der Waals surface area contributed by atoms with Gasteiger partial charge in [-0.05, 0) is 50.0 Å². The minimum atomic E-state index is -0.0656. The molecule has 0 spiro atoms. The number of rotatable bonds is 1. The molecule has 2 heteroatoms. The maximum absolute atomic E-state index is 10.3. The van der Waals surface area contributed by atoms with Gasteiger partial charge in [0.25, 0.3) is 0 Å². The van der Waals surface area contributed by atoms with Gasteiger partial charge in [0, 0.05) is 12.0 Å². The molecule has 2 rings (SSSR count). The van der Waals surface area contributed by atoms with E-state index in [0.717, 1.165) is 18.9 Å². The van der Waals surface area contributed by atoms with Gasteiger partial charge in [-0.2, -0.15) is 0 Å². The van der Waals surface area contributed by atoms with Crippen molar-refractivity contribution in [2.24, 2.45) is 17.3 Å². The van der Waals surface area contributed by atoms with Crippen LogP contribution in [0.4, 0.5) is 0 Å². The lowest BCUT2D eigenvalue weighted by molar-refractivity contribution is -0.00179. The van der Waals surface area contributed by atoms with E-state index < -0.39 is 0 Å². The first kappa shape index (κ1) is 13.4. The van der Waals surface area contributed by atoms with Crippen LogP contribution >= 0.6 is 0 Å². The van der Waals surface area contributed by atoms with Crippen molar-refractivity contribution in [3.8, 4) is 0 Å². The van der Waals surface area contributed by atoms with Gasteiger partial charge in [0.1, 0.15) is 0 Å². The standard InChI is InChI=1S/C15H29NO/c1-15(2,3)11-7-8-14(17)12(10-11)13-6-4-5-9-16-13/h11-14,16-17H,4-10H2,1-3H3. The van der Waals surface area contributed by atoms with E-state index in [9.17, 15) is 5.11 Å². The highest BCUT2D eigenvalue weighted by molar-refractivity contribution is 4.92. The second-order valence-corrected chi connectivity index (χ2v) is 7.16. The van der Waals surface area contributed by atoms with Crippen molar-refractivity contribution in [1.82, 2.24) is 5.32 Å². The molecule has 0 aromatic heterocycles. The first-order chi connectivity index (χ1) is 7.98. The van der Waals surface area contributed by atoms with Crippen LogP contribution in [-0.2, 0) is 0 Å². The molecule has 1 saturated carbocycles. The van der Waals surface area contributed by atoms with E-state index in [4.69, 9.17) is 0 Å². The third kappa shape index (κ3) is 3.23. The average molecular weight is 239 g/mol. The highest BCUT2D eigenvalue weighted by Gasteiger charge is 2.38. The average Bonchev–Trinajstić information content (AvgIpc) is 2.29. The summed E-state index contributed by atoms with van der Waals surface area (Å²) in [5.74, 6) is 1.27. The van der Waals surface area contributed by atoms with Gasteiger partial charge in [-0.15, -0.1) is 0 Å². The second kappa shape index (κ2) is 5.27. The first-order valence-corrected chi connectivity index (χ1v) is 7.40. The van der Waals surface area contributed by atoms with Crippen LogP contribution in [0.3, 0.4) is 0 Å². The zero-order chi connectivity index (χ0) is 12.5. The summed E-state index contributed by atoms with van der Waals surface area (Å²) in [5.41, 5.74) is 0.396. The van der Waals surface area contributed by atoms with Crippen LogP contribution in [0.1, 0.15) is 59.3 Å². The van der Waals surface area contributed by atoms with Gasteiger partial charge in [0.15, 0.2) is 0 Å². The molecule has 0 aromatic carbocycles. The van der Waals surface area contributed by atoms with Crippen molar-refractivity contribution >= 4 is 0 Å². The van der Waals surface area contributed by atoms with Crippen LogP contribution in [0.2, 0.25) is 0 Å². The zero-order valence-electron chi connectivity index (χ0n) is 11.7. The quantitative estimate of drug-likeness (QED) is 0.737. The maximum atomic E-state index is 10.3. The van der Waals surface area contributed by atoms with Gasteiger partial charge in [0.2, 0.25) is 0 Å². The largest absolute Gasteiger partial charge is 0.393 e. The number of aliphatic hydroxyl groups is 1. The second-order valence-electron chi connectivity index (χ2n) is 7.16. The molecule has 1 aliphatic carbocycles. The van der Waals surface area contributed by atoms with Crippen molar-refractivity contribution in [2.75, 3.05) is 6.54 Å². The summed E-state index contributed by atoms with van der Waals surface area (Å²) in [6, 6.07) is 0.573. The Morgan fingerprint density at radius 3 is 2.41 bits per heavy atom. The van der Waals surface area contributed by atoms with Gasteiger partial charge >= 0.3 is 0 Å². The van der Waals surface area contributed by atoms with E-state index in [0.29, 0.717) is 17.4 Å². The molecule has 1 heterocycles. The molecule has 2 aliphatic rings. The number of piperidine rings is 1. The molecule has 2 N–H and O–H groups in total. The molecule has 0 aromatic rings. The van der Waals surface area contributed by atoms with E-state index in [2.05, 4.69) is 26.1 Å². The minimum Gasteiger partial charge on any atom is -0.393 e. The lowest BCUT2D eigenvalue weighted by Gasteiger charge is -2.44. The van der Waals surface area contributed by atoms with E-state index >= 15 is 0 Å². The third-order valence-electron chi connectivity index (χ3n) is 4.95. The highest BCUT2D eigenvalue weighted by Crippen LogP contribution is 2.42. The SMILES string of the molecule is CC(C)(C)C1CCC(O)C(C2CCCCN2)C1. The van der Waals surface area contributed by atoms with E-state index in [1.807, 2.05) is 0 Å². The van der Waals surface area contributed by atoms with E-state index in [1.165, 1.54) is 32.1 Å². The monoisotopic (exact) mass is 239 g/mol. The Hall–Kier alpha value is -0.0800. The highest BCUT2D eigenvalue weighted by atomic mass is 16.3. The molecule has 1 saturated heterocycles. The number of aliphatic hydroxyl groups excluding tert-OH is 1. The van der Waals surface area contributed by atoms with Crippen LogP contribution < -0.4 is 5.32 Å². The van der Waals surface area contributed by atoms with Gasteiger partial charge in [-0.25, -0.2) is 0 Å². The molecule has 2 nitrogen and oxygen atoms in total. The molecule has 0 radical (unpaired) electrons. The molecule has 1 aliphatic heterocycles. The summed E-state index contributed by atoms with van der Waals surface area (Å²) in [4.78, 5) is 0. The molecule has 0 amide bonds. The predicted molar refractivity (Wildman–Crippen MR) is 71.9 cm³/mol. The lowest BCUT2D eigenvalue weighted by atomic mass is 9.66. The van der Waals surface area contributed by atoms with Crippen molar-refractivity contribution in [2.45, 2.75) is 71.4 Å². The van der Waals surface area contributed by atoms with E-state index in [-0.39, 0.29) is 6.10 Å². The normalized spacial score (nSPS) is 40.2. The topological polar surface area (TPSA) is 32.3 Å². The summed E-state index contributed by atoms with van der Waals surface area (Å²) >= 11 is 0. The van der Waals surface area contributed by atoms with Crippen LogP contribution in [0.5, 0.6) is 0 Å². The molecule has 0 bridgehead atoms. The minimum absolute atomic E-state index is 0.0656. The Balaban J connectivity index is 1.99. The first-order valence-electron chi connectivity index (χ1n) is 7.40. The number of nitrogens with one attached hydrogen (secondary N) is 1. The Bertz CT molecular complexity index is 240. The molecular formula is C15H29NO. The van der Waals surface area contributed by atoms with Gasteiger partial charge in [-0.3, -0.25) is 0 Å². The van der Waals surface area contributed by atoms with Crippen molar-refractivity contribution in [3.63, 3.8) is 0 Å². The van der Waals surface area contributed by atoms with Crippen LogP contribution in [0.15, 0.2) is 0 Å². The summed E-state index contributed by atoms with van der Waals surface area (Å²) in [6.45, 7) is 8.19. The summed E-state index contributed by atoms with van der Waals surface area (Å²) in [7, 11) is 0. The molecular weight excluding hydrogens is 210 g/mol. The van der Waals surface area contributed by atoms with Gasteiger partial charge in [-0.1, -0.05) is 27.2 Å². The number of hydrogen-bond acceptors (Lipinski definition) is 2. The molecule has 4 unspecified atom stereocenters. The van der Waals surface area contributed by atoms with Crippen molar-refractivity contribution in [3.05, 3.63) is 0 Å². The van der Waals surface area contributed by atoms with Crippen molar-refractivity contribution < 1.29 is 5.11 Å². The molecule has 17 heavy (non-hydrogen) atoms. The number of hydrogen-bond donors (Lipinski definition) is 2. The molecule has 4 atom stereocenters. The third-order valence-corrected chi connectivity index (χ3v) is 4.95.